The average Bonchev–Trinajstić information content (AvgIpc) is 2.81. The van der Waals surface area contributed by atoms with Crippen LogP contribution >= 0.6 is 11.6 Å². The van der Waals surface area contributed by atoms with Crippen LogP contribution in [0.5, 0.6) is 0 Å². The van der Waals surface area contributed by atoms with Crippen molar-refractivity contribution in [3.8, 4) is 5.69 Å². The fourth-order valence-electron chi connectivity index (χ4n) is 1.82. The number of hydrogen-bond acceptors (Lipinski definition) is 2. The minimum atomic E-state index is -4.45. The van der Waals surface area contributed by atoms with Crippen molar-refractivity contribution >= 4 is 11.6 Å². The third-order valence-corrected chi connectivity index (χ3v) is 2.94. The van der Waals surface area contributed by atoms with E-state index in [9.17, 15) is 13.2 Å². The minimum Gasteiger partial charge on any atom is -0.313 e. The highest BCUT2D eigenvalue weighted by Crippen LogP contribution is 2.34. The van der Waals surface area contributed by atoms with Crippen LogP contribution in [0.2, 0.25) is 5.02 Å². The van der Waals surface area contributed by atoms with Gasteiger partial charge < -0.3 is 5.32 Å². The first-order valence-electron chi connectivity index (χ1n) is 6.03. The van der Waals surface area contributed by atoms with Gasteiger partial charge in [0.1, 0.15) is 0 Å². The second-order valence-electron chi connectivity index (χ2n) is 4.23. The molecular formula is C13H13ClF3N3. The summed E-state index contributed by atoms with van der Waals surface area (Å²) in [6.07, 6.45) is -1.81. The fraction of sp³-hybridized carbons (Fsp3) is 0.308. The molecule has 1 heterocycles. The van der Waals surface area contributed by atoms with Crippen molar-refractivity contribution in [2.24, 2.45) is 0 Å². The zero-order chi connectivity index (χ0) is 14.8. The van der Waals surface area contributed by atoms with Gasteiger partial charge in [0.15, 0.2) is 0 Å². The lowest BCUT2D eigenvalue weighted by atomic mass is 10.1. The van der Waals surface area contributed by atoms with E-state index in [1.165, 1.54) is 18.5 Å². The molecular weight excluding hydrogens is 291 g/mol. The van der Waals surface area contributed by atoms with Gasteiger partial charge in [-0.2, -0.15) is 18.3 Å². The Hall–Kier alpha value is -1.53. The molecule has 108 valence electrons. The predicted octanol–water partition coefficient (Wildman–Crippen LogP) is 3.65. The maximum atomic E-state index is 13.1. The maximum absolute atomic E-state index is 13.1. The molecule has 0 radical (unpaired) electrons. The van der Waals surface area contributed by atoms with Crippen LogP contribution in [0, 0.1) is 0 Å². The number of aromatic nitrogens is 2. The van der Waals surface area contributed by atoms with Gasteiger partial charge in [0.05, 0.1) is 22.5 Å². The molecule has 2 aromatic rings. The Morgan fingerprint density at radius 2 is 2.10 bits per heavy atom. The lowest BCUT2D eigenvalue weighted by Gasteiger charge is -2.14. The molecule has 0 amide bonds. The molecule has 1 N–H and O–H groups in total. The molecule has 0 saturated heterocycles. The second-order valence-corrected chi connectivity index (χ2v) is 4.67. The molecule has 0 aliphatic rings. The Kier molecular flexibility index (Phi) is 4.35. The van der Waals surface area contributed by atoms with Crippen LogP contribution in [-0.4, -0.2) is 16.3 Å². The van der Waals surface area contributed by atoms with Gasteiger partial charge in [-0.25, -0.2) is 4.68 Å². The van der Waals surface area contributed by atoms with E-state index >= 15 is 0 Å². The molecule has 0 spiro atoms. The molecule has 3 nitrogen and oxygen atoms in total. The third kappa shape index (κ3) is 3.32. The number of hydrogen-bond donors (Lipinski definition) is 1. The fourth-order valence-corrected chi connectivity index (χ4v) is 1.96. The van der Waals surface area contributed by atoms with Gasteiger partial charge in [0, 0.05) is 12.7 Å². The molecule has 2 rings (SSSR count). The average molecular weight is 304 g/mol. The summed E-state index contributed by atoms with van der Waals surface area (Å²) in [5.41, 5.74) is -0.196. The number of alkyl halides is 3. The highest BCUT2D eigenvalue weighted by atomic mass is 35.5. The quantitative estimate of drug-likeness (QED) is 0.934. The molecule has 0 saturated carbocycles. The summed E-state index contributed by atoms with van der Waals surface area (Å²) < 4.78 is 40.6. The van der Waals surface area contributed by atoms with Crippen molar-refractivity contribution in [2.75, 3.05) is 6.54 Å². The summed E-state index contributed by atoms with van der Waals surface area (Å²) >= 11 is 5.70. The van der Waals surface area contributed by atoms with Crippen LogP contribution in [0.25, 0.3) is 5.69 Å². The minimum absolute atomic E-state index is 0.0374. The molecule has 0 fully saturated rings. The lowest BCUT2D eigenvalue weighted by molar-refractivity contribution is -0.137. The van der Waals surface area contributed by atoms with E-state index < -0.39 is 11.7 Å². The first-order valence-corrected chi connectivity index (χ1v) is 6.41. The Labute approximate surface area is 119 Å². The van der Waals surface area contributed by atoms with E-state index in [0.29, 0.717) is 18.7 Å². The smallest absolute Gasteiger partial charge is 0.313 e. The maximum Gasteiger partial charge on any atom is 0.418 e. The highest BCUT2D eigenvalue weighted by molar-refractivity contribution is 6.30. The van der Waals surface area contributed by atoms with E-state index in [1.807, 2.05) is 6.92 Å². The molecule has 20 heavy (non-hydrogen) atoms. The van der Waals surface area contributed by atoms with E-state index in [4.69, 9.17) is 11.6 Å². The molecule has 1 aromatic heterocycles. The van der Waals surface area contributed by atoms with Gasteiger partial charge in [-0.1, -0.05) is 24.6 Å². The standard InChI is InChI=1S/C13H13ClF3N3/c1-2-18-6-9-3-4-12(11(5-9)13(15,16)17)20-8-10(14)7-19-20/h3-5,7-8,18H,2,6H2,1H3. The monoisotopic (exact) mass is 303 g/mol. The summed E-state index contributed by atoms with van der Waals surface area (Å²) in [5, 5.41) is 7.10. The molecule has 1 aromatic carbocycles. The highest BCUT2D eigenvalue weighted by Gasteiger charge is 2.34. The molecule has 0 unspecified atom stereocenters. The lowest BCUT2D eigenvalue weighted by Crippen LogP contribution is -2.15. The van der Waals surface area contributed by atoms with Crippen LogP contribution < -0.4 is 5.32 Å². The van der Waals surface area contributed by atoms with Gasteiger partial charge >= 0.3 is 6.18 Å². The predicted molar refractivity (Wildman–Crippen MR) is 71.0 cm³/mol. The van der Waals surface area contributed by atoms with Gasteiger partial charge in [0.25, 0.3) is 0 Å². The van der Waals surface area contributed by atoms with Crippen LogP contribution in [0.3, 0.4) is 0 Å². The summed E-state index contributed by atoms with van der Waals surface area (Å²) in [6, 6.07) is 4.18. The van der Waals surface area contributed by atoms with Crippen LogP contribution in [0.1, 0.15) is 18.1 Å². The van der Waals surface area contributed by atoms with E-state index in [1.54, 1.807) is 6.07 Å². The number of nitrogens with zero attached hydrogens (tertiary/aromatic N) is 2. The van der Waals surface area contributed by atoms with Crippen LogP contribution in [0.15, 0.2) is 30.6 Å². The first-order chi connectivity index (χ1) is 9.41. The van der Waals surface area contributed by atoms with Crippen molar-refractivity contribution in [1.29, 1.82) is 0 Å². The molecule has 0 atom stereocenters. The van der Waals surface area contributed by atoms with Crippen molar-refractivity contribution in [3.05, 3.63) is 46.7 Å². The SMILES string of the molecule is CCNCc1ccc(-n2cc(Cl)cn2)c(C(F)(F)F)c1. The number of halogens is 4. The molecule has 0 aliphatic heterocycles. The normalized spacial score (nSPS) is 11.8. The topological polar surface area (TPSA) is 29.9 Å². The van der Waals surface area contributed by atoms with E-state index in [2.05, 4.69) is 10.4 Å². The zero-order valence-corrected chi connectivity index (χ0v) is 11.5. The Balaban J connectivity index is 2.46. The molecule has 0 aliphatic carbocycles. The van der Waals surface area contributed by atoms with Gasteiger partial charge in [-0.05, 0) is 24.2 Å². The van der Waals surface area contributed by atoms with Crippen molar-refractivity contribution in [2.45, 2.75) is 19.6 Å². The summed E-state index contributed by atoms with van der Waals surface area (Å²) in [5.74, 6) is 0. The summed E-state index contributed by atoms with van der Waals surface area (Å²) in [4.78, 5) is 0. The van der Waals surface area contributed by atoms with Gasteiger partial charge in [-0.15, -0.1) is 0 Å². The Bertz CT molecular complexity index is 593. The van der Waals surface area contributed by atoms with E-state index in [0.717, 1.165) is 10.7 Å². The number of nitrogens with one attached hydrogen (secondary N) is 1. The van der Waals surface area contributed by atoms with Crippen LogP contribution in [-0.2, 0) is 12.7 Å². The number of rotatable bonds is 4. The second kappa shape index (κ2) is 5.85. The Morgan fingerprint density at radius 3 is 2.65 bits per heavy atom. The summed E-state index contributed by atoms with van der Waals surface area (Å²) in [6.45, 7) is 2.97. The summed E-state index contributed by atoms with van der Waals surface area (Å²) in [7, 11) is 0. The van der Waals surface area contributed by atoms with Gasteiger partial charge in [0.2, 0.25) is 0 Å². The number of benzene rings is 1. The first kappa shape index (κ1) is 14.9. The molecule has 0 bridgehead atoms. The van der Waals surface area contributed by atoms with Crippen LogP contribution in [0.4, 0.5) is 13.2 Å². The zero-order valence-electron chi connectivity index (χ0n) is 10.7. The van der Waals surface area contributed by atoms with Crippen molar-refractivity contribution in [3.63, 3.8) is 0 Å². The third-order valence-electron chi connectivity index (χ3n) is 2.74. The Morgan fingerprint density at radius 1 is 1.35 bits per heavy atom. The van der Waals surface area contributed by atoms with Crippen molar-refractivity contribution < 1.29 is 13.2 Å². The van der Waals surface area contributed by atoms with Gasteiger partial charge in [-0.3, -0.25) is 0 Å². The largest absolute Gasteiger partial charge is 0.418 e. The molecule has 7 heteroatoms. The van der Waals surface area contributed by atoms with E-state index in [-0.39, 0.29) is 10.7 Å². The van der Waals surface area contributed by atoms with Crippen molar-refractivity contribution in [1.82, 2.24) is 15.1 Å².